The minimum atomic E-state index is -0.840. The number of nitrogens with one attached hydrogen (secondary N) is 2. The number of rotatable bonds is 5. The van der Waals surface area contributed by atoms with E-state index in [4.69, 9.17) is 0 Å². The van der Waals surface area contributed by atoms with Crippen LogP contribution < -0.4 is 5.32 Å². The first kappa shape index (κ1) is 18.4. The van der Waals surface area contributed by atoms with Crippen LogP contribution in [0.1, 0.15) is 25.5 Å². The number of carboxylic acid groups (broad SMARTS) is 1. The fourth-order valence-electron chi connectivity index (χ4n) is 3.31. The number of anilines is 1. The van der Waals surface area contributed by atoms with Gasteiger partial charge in [-0.1, -0.05) is 19.9 Å². The Morgan fingerprint density at radius 1 is 1.19 bits per heavy atom. The summed E-state index contributed by atoms with van der Waals surface area (Å²) < 4.78 is 0. The lowest BCUT2D eigenvalue weighted by atomic mass is 10.0. The first-order valence-corrected chi connectivity index (χ1v) is 8.94. The van der Waals surface area contributed by atoms with Crippen LogP contribution in [-0.2, 0) is 9.59 Å². The van der Waals surface area contributed by atoms with Crippen LogP contribution in [0.25, 0.3) is 10.9 Å². The fraction of sp³-hybridized carbons (Fsp3) is 0.474. The molecule has 0 bridgehead atoms. The number of likely N-dealkylation sites (N-methyl/N-ethyl adjacent to an activating group) is 1. The molecule has 0 unspecified atom stereocenters. The molecule has 0 spiro atoms. The van der Waals surface area contributed by atoms with Crippen molar-refractivity contribution in [1.82, 2.24) is 14.8 Å². The topological polar surface area (TPSA) is 88.7 Å². The van der Waals surface area contributed by atoms with Gasteiger partial charge in [0.25, 0.3) is 0 Å². The van der Waals surface area contributed by atoms with Crippen molar-refractivity contribution in [2.45, 2.75) is 19.9 Å². The number of piperazine rings is 1. The quantitative estimate of drug-likeness (QED) is 0.762. The first-order valence-electron chi connectivity index (χ1n) is 8.94. The van der Waals surface area contributed by atoms with Crippen molar-refractivity contribution in [3.05, 3.63) is 30.0 Å². The van der Waals surface area contributed by atoms with Crippen LogP contribution in [0.3, 0.4) is 0 Å². The van der Waals surface area contributed by atoms with Gasteiger partial charge in [-0.05, 0) is 19.2 Å². The molecule has 1 atom stereocenters. The third kappa shape index (κ3) is 3.73. The summed E-state index contributed by atoms with van der Waals surface area (Å²) in [6, 6.07) is 4.88. The molecule has 1 aliphatic heterocycles. The van der Waals surface area contributed by atoms with Crippen molar-refractivity contribution in [1.29, 1.82) is 0 Å². The first-order chi connectivity index (χ1) is 12.4. The van der Waals surface area contributed by atoms with E-state index in [0.717, 1.165) is 42.6 Å². The summed E-state index contributed by atoms with van der Waals surface area (Å²) in [6.45, 7) is 6.85. The highest BCUT2D eigenvalue weighted by Gasteiger charge is 2.31. The number of aromatic nitrogens is 1. The van der Waals surface area contributed by atoms with Crippen LogP contribution in [0.15, 0.2) is 24.4 Å². The second kappa shape index (κ2) is 7.47. The van der Waals surface area contributed by atoms with Crippen LogP contribution in [0.5, 0.6) is 0 Å². The molecule has 7 heteroatoms. The van der Waals surface area contributed by atoms with Crippen LogP contribution in [0.4, 0.5) is 5.69 Å². The van der Waals surface area contributed by atoms with E-state index in [-0.39, 0.29) is 11.8 Å². The Balaban J connectivity index is 1.89. The van der Waals surface area contributed by atoms with E-state index in [0.29, 0.717) is 5.69 Å². The maximum Gasteiger partial charge on any atom is 0.325 e. The van der Waals surface area contributed by atoms with Gasteiger partial charge in [0.2, 0.25) is 5.91 Å². The number of carboxylic acids is 1. The molecular formula is C19H26N4O3. The van der Waals surface area contributed by atoms with Crippen molar-refractivity contribution in [3.8, 4) is 0 Å². The highest BCUT2D eigenvalue weighted by Crippen LogP contribution is 2.31. The van der Waals surface area contributed by atoms with Crippen molar-refractivity contribution >= 4 is 28.5 Å². The standard InChI is InChI=1S/C19H26N4O3/c1-12(2)18(24)21-13-4-5-14-15(11-20-16(14)10-13)17(19(25)26)23-8-6-22(3)7-9-23/h4-5,10-12,17,20H,6-9H2,1-3H3,(H,21,24)(H,25,26)/t17-/m1/s1. The van der Waals surface area contributed by atoms with Gasteiger partial charge >= 0.3 is 5.97 Å². The lowest BCUT2D eigenvalue weighted by Gasteiger charge is -2.36. The maximum atomic E-state index is 12.0. The summed E-state index contributed by atoms with van der Waals surface area (Å²) in [5, 5.41) is 13.6. The average Bonchev–Trinajstić information content (AvgIpc) is 2.99. The zero-order valence-corrected chi connectivity index (χ0v) is 15.5. The van der Waals surface area contributed by atoms with Gasteiger partial charge < -0.3 is 20.3 Å². The Hall–Kier alpha value is -2.38. The van der Waals surface area contributed by atoms with Gasteiger partial charge in [-0.2, -0.15) is 0 Å². The molecule has 0 saturated carbocycles. The van der Waals surface area contributed by atoms with Gasteiger partial charge in [-0.15, -0.1) is 0 Å². The van der Waals surface area contributed by atoms with Crippen molar-refractivity contribution in [2.75, 3.05) is 38.5 Å². The predicted octanol–water partition coefficient (Wildman–Crippen LogP) is 2.14. The Labute approximate surface area is 153 Å². The minimum absolute atomic E-state index is 0.0445. The van der Waals surface area contributed by atoms with E-state index in [2.05, 4.69) is 15.2 Å². The molecule has 1 fully saturated rings. The lowest BCUT2D eigenvalue weighted by Crippen LogP contribution is -2.47. The van der Waals surface area contributed by atoms with E-state index in [1.54, 1.807) is 6.20 Å². The summed E-state index contributed by atoms with van der Waals surface area (Å²) in [7, 11) is 2.05. The number of aromatic amines is 1. The van der Waals surface area contributed by atoms with Gasteiger partial charge in [-0.25, -0.2) is 0 Å². The second-order valence-electron chi connectivity index (χ2n) is 7.23. The maximum absolute atomic E-state index is 12.0. The Bertz CT molecular complexity index is 806. The number of H-pyrrole nitrogens is 1. The monoisotopic (exact) mass is 358 g/mol. The van der Waals surface area contributed by atoms with Gasteiger partial charge in [0, 0.05) is 60.4 Å². The molecule has 1 aromatic heterocycles. The number of carbonyl (C=O) groups is 2. The molecule has 1 aromatic carbocycles. The Kier molecular flexibility index (Phi) is 5.29. The number of aliphatic carboxylic acids is 1. The second-order valence-corrected chi connectivity index (χ2v) is 7.23. The van der Waals surface area contributed by atoms with Crippen LogP contribution in [0, 0.1) is 5.92 Å². The fourth-order valence-corrected chi connectivity index (χ4v) is 3.31. The summed E-state index contributed by atoms with van der Waals surface area (Å²) >= 11 is 0. The minimum Gasteiger partial charge on any atom is -0.480 e. The zero-order valence-electron chi connectivity index (χ0n) is 15.5. The lowest BCUT2D eigenvalue weighted by molar-refractivity contribution is -0.144. The molecule has 1 saturated heterocycles. The predicted molar refractivity (Wildman–Crippen MR) is 101 cm³/mol. The van der Waals surface area contributed by atoms with Gasteiger partial charge in [0.15, 0.2) is 0 Å². The number of carbonyl (C=O) groups excluding carboxylic acids is 1. The van der Waals surface area contributed by atoms with Gasteiger partial charge in [0.05, 0.1) is 0 Å². The summed E-state index contributed by atoms with van der Waals surface area (Å²) in [6.07, 6.45) is 1.77. The average molecular weight is 358 g/mol. The molecule has 2 aromatic rings. The molecule has 3 N–H and O–H groups in total. The molecule has 2 heterocycles. The molecule has 0 aliphatic carbocycles. The number of nitrogens with zero attached hydrogens (tertiary/aromatic N) is 2. The van der Waals surface area contributed by atoms with E-state index >= 15 is 0 Å². The molecule has 140 valence electrons. The van der Waals surface area contributed by atoms with Gasteiger partial charge in [0.1, 0.15) is 6.04 Å². The summed E-state index contributed by atoms with van der Waals surface area (Å²) in [5.41, 5.74) is 2.29. The van der Waals surface area contributed by atoms with Crippen LogP contribution in [-0.4, -0.2) is 65.0 Å². The van der Waals surface area contributed by atoms with E-state index in [9.17, 15) is 14.7 Å². The number of benzene rings is 1. The van der Waals surface area contributed by atoms with E-state index in [1.807, 2.05) is 44.0 Å². The molecule has 7 nitrogen and oxygen atoms in total. The Morgan fingerprint density at radius 2 is 1.88 bits per heavy atom. The largest absolute Gasteiger partial charge is 0.480 e. The molecule has 0 radical (unpaired) electrons. The number of hydrogen-bond donors (Lipinski definition) is 3. The Morgan fingerprint density at radius 3 is 2.50 bits per heavy atom. The zero-order chi connectivity index (χ0) is 18.8. The molecule has 1 aliphatic rings. The van der Waals surface area contributed by atoms with E-state index in [1.165, 1.54) is 0 Å². The third-order valence-electron chi connectivity index (χ3n) is 4.94. The van der Waals surface area contributed by atoms with Crippen molar-refractivity contribution in [3.63, 3.8) is 0 Å². The third-order valence-corrected chi connectivity index (χ3v) is 4.94. The van der Waals surface area contributed by atoms with Crippen molar-refractivity contribution < 1.29 is 14.7 Å². The van der Waals surface area contributed by atoms with Crippen LogP contribution >= 0.6 is 0 Å². The molecular weight excluding hydrogens is 332 g/mol. The highest BCUT2D eigenvalue weighted by molar-refractivity contribution is 5.96. The number of fused-ring (bicyclic) bond motifs is 1. The molecule has 3 rings (SSSR count). The molecule has 26 heavy (non-hydrogen) atoms. The summed E-state index contributed by atoms with van der Waals surface area (Å²) in [5.74, 6) is -0.983. The SMILES string of the molecule is CC(C)C(=O)Nc1ccc2c([C@H](C(=O)O)N3CCN(C)CC3)c[nH]c2c1. The smallest absolute Gasteiger partial charge is 0.325 e. The number of hydrogen-bond acceptors (Lipinski definition) is 4. The summed E-state index contributed by atoms with van der Waals surface area (Å²) in [4.78, 5) is 31.2. The normalized spacial score (nSPS) is 17.5. The molecule has 1 amide bonds. The highest BCUT2D eigenvalue weighted by atomic mass is 16.4. The van der Waals surface area contributed by atoms with E-state index < -0.39 is 12.0 Å². The van der Waals surface area contributed by atoms with Gasteiger partial charge in [-0.3, -0.25) is 14.5 Å². The van der Waals surface area contributed by atoms with Crippen LogP contribution in [0.2, 0.25) is 0 Å². The number of amides is 1. The van der Waals surface area contributed by atoms with Crippen molar-refractivity contribution in [2.24, 2.45) is 5.92 Å².